The van der Waals surface area contributed by atoms with Gasteiger partial charge in [0.15, 0.2) is 5.13 Å². The Kier molecular flexibility index (Phi) is 4.40. The number of nitrogens with one attached hydrogen (secondary N) is 2. The highest BCUT2D eigenvalue weighted by molar-refractivity contribution is 7.15. The number of likely N-dealkylation sites (N-methyl/N-ethyl adjacent to an activating group) is 1. The zero-order valence-corrected chi connectivity index (χ0v) is 13.9. The molecule has 0 saturated heterocycles. The smallest absolute Gasteiger partial charge is 0.257 e. The Balaban J connectivity index is 1.68. The molecular weight excluding hydrogens is 312 g/mol. The lowest BCUT2D eigenvalue weighted by Crippen LogP contribution is -2.25. The fourth-order valence-corrected chi connectivity index (χ4v) is 3.54. The molecule has 0 bridgehead atoms. The minimum absolute atomic E-state index is 0.138. The van der Waals surface area contributed by atoms with Crippen molar-refractivity contribution in [1.82, 2.24) is 9.88 Å². The molecule has 6 nitrogen and oxygen atoms in total. The summed E-state index contributed by atoms with van der Waals surface area (Å²) < 4.78 is 0. The maximum absolute atomic E-state index is 12.3. The summed E-state index contributed by atoms with van der Waals surface area (Å²) in [5.74, 6) is -0.334. The maximum Gasteiger partial charge on any atom is 0.257 e. The number of hydrogen-bond acceptors (Lipinski definition) is 5. The number of carbonyl (C=O) groups excluding carboxylic acids is 2. The summed E-state index contributed by atoms with van der Waals surface area (Å²) in [4.78, 5) is 31.2. The van der Waals surface area contributed by atoms with E-state index in [0.29, 0.717) is 16.4 Å². The monoisotopic (exact) mass is 330 g/mol. The molecule has 1 aromatic carbocycles. The van der Waals surface area contributed by atoms with E-state index >= 15 is 0 Å². The number of benzene rings is 1. The zero-order chi connectivity index (χ0) is 16.4. The van der Waals surface area contributed by atoms with E-state index in [1.165, 1.54) is 23.1 Å². The molecule has 2 amide bonds. The van der Waals surface area contributed by atoms with Crippen molar-refractivity contribution < 1.29 is 9.59 Å². The van der Waals surface area contributed by atoms with E-state index < -0.39 is 0 Å². The molecule has 2 N–H and O–H groups in total. The first kappa shape index (κ1) is 15.6. The Hall–Kier alpha value is -2.25. The molecule has 1 aliphatic heterocycles. The maximum atomic E-state index is 12.3. The minimum Gasteiger partial charge on any atom is -0.326 e. The van der Waals surface area contributed by atoms with Gasteiger partial charge in [0.25, 0.3) is 5.91 Å². The number of hydrogen-bond donors (Lipinski definition) is 2. The van der Waals surface area contributed by atoms with Crippen LogP contribution in [0.3, 0.4) is 0 Å². The van der Waals surface area contributed by atoms with Crippen LogP contribution in [-0.4, -0.2) is 35.3 Å². The molecule has 7 heteroatoms. The first-order valence-corrected chi connectivity index (χ1v) is 8.19. The lowest BCUT2D eigenvalue weighted by atomic mass is 10.2. The second kappa shape index (κ2) is 6.47. The van der Waals surface area contributed by atoms with E-state index in [9.17, 15) is 9.59 Å². The lowest BCUT2D eigenvalue weighted by Gasteiger charge is -2.20. The second-order valence-corrected chi connectivity index (χ2v) is 6.67. The van der Waals surface area contributed by atoms with Gasteiger partial charge in [0.1, 0.15) is 0 Å². The molecule has 2 aromatic rings. The van der Waals surface area contributed by atoms with E-state index in [4.69, 9.17) is 0 Å². The fraction of sp³-hybridized carbons (Fsp3) is 0.312. The van der Waals surface area contributed by atoms with Gasteiger partial charge in [0, 0.05) is 42.6 Å². The van der Waals surface area contributed by atoms with Gasteiger partial charge in [-0.1, -0.05) is 0 Å². The SMILES string of the molecule is CC(=O)Nc1ccc(C(=O)Nc2nc3c(s2)CN(C)CC3)cc1. The quantitative estimate of drug-likeness (QED) is 0.906. The molecule has 0 saturated carbocycles. The average Bonchev–Trinajstić information content (AvgIpc) is 2.88. The molecule has 0 radical (unpaired) electrons. The van der Waals surface area contributed by atoms with Crippen molar-refractivity contribution in [2.24, 2.45) is 0 Å². The van der Waals surface area contributed by atoms with E-state index in [-0.39, 0.29) is 11.8 Å². The first-order chi connectivity index (χ1) is 11.0. The fourth-order valence-electron chi connectivity index (χ4n) is 2.45. The molecule has 0 atom stereocenters. The number of nitrogens with zero attached hydrogens (tertiary/aromatic N) is 2. The van der Waals surface area contributed by atoms with Gasteiger partial charge in [-0.2, -0.15) is 0 Å². The Morgan fingerprint density at radius 3 is 2.65 bits per heavy atom. The van der Waals surface area contributed by atoms with Crippen LogP contribution in [0.4, 0.5) is 10.8 Å². The molecule has 0 unspecified atom stereocenters. The number of thiazole rings is 1. The highest BCUT2D eigenvalue weighted by Gasteiger charge is 2.19. The number of anilines is 2. The van der Waals surface area contributed by atoms with E-state index in [0.717, 1.165) is 25.2 Å². The van der Waals surface area contributed by atoms with Crippen LogP contribution < -0.4 is 10.6 Å². The molecule has 1 aliphatic rings. The molecule has 0 spiro atoms. The van der Waals surface area contributed by atoms with Crippen LogP contribution in [0.25, 0.3) is 0 Å². The van der Waals surface area contributed by atoms with Gasteiger partial charge in [-0.3, -0.25) is 14.9 Å². The highest BCUT2D eigenvalue weighted by Crippen LogP contribution is 2.28. The summed E-state index contributed by atoms with van der Waals surface area (Å²) in [5.41, 5.74) is 2.29. The van der Waals surface area contributed by atoms with Crippen LogP contribution in [0.15, 0.2) is 24.3 Å². The van der Waals surface area contributed by atoms with Gasteiger partial charge in [-0.15, -0.1) is 11.3 Å². The third-order valence-corrected chi connectivity index (χ3v) is 4.61. The molecule has 0 fully saturated rings. The van der Waals surface area contributed by atoms with Crippen molar-refractivity contribution >= 4 is 34.0 Å². The summed E-state index contributed by atoms with van der Waals surface area (Å²) in [7, 11) is 2.08. The molecular formula is C16H18N4O2S. The summed E-state index contributed by atoms with van der Waals surface area (Å²) in [5, 5.41) is 6.17. The summed E-state index contributed by atoms with van der Waals surface area (Å²) >= 11 is 1.53. The minimum atomic E-state index is -0.196. The van der Waals surface area contributed by atoms with Crippen molar-refractivity contribution in [3.63, 3.8) is 0 Å². The number of fused-ring (bicyclic) bond motifs is 1. The highest BCUT2D eigenvalue weighted by atomic mass is 32.1. The number of amides is 2. The van der Waals surface area contributed by atoms with Gasteiger partial charge >= 0.3 is 0 Å². The predicted molar refractivity (Wildman–Crippen MR) is 90.9 cm³/mol. The predicted octanol–water partition coefficient (Wildman–Crippen LogP) is 2.34. The van der Waals surface area contributed by atoms with Crippen molar-refractivity contribution in [3.05, 3.63) is 40.4 Å². The van der Waals surface area contributed by atoms with E-state index in [2.05, 4.69) is 27.6 Å². The summed E-state index contributed by atoms with van der Waals surface area (Å²) in [6.45, 7) is 3.32. The van der Waals surface area contributed by atoms with Crippen LogP contribution in [-0.2, 0) is 17.8 Å². The Bertz CT molecular complexity index is 739. The molecule has 23 heavy (non-hydrogen) atoms. The van der Waals surface area contributed by atoms with Crippen LogP contribution in [0.2, 0.25) is 0 Å². The van der Waals surface area contributed by atoms with E-state index in [1.54, 1.807) is 24.3 Å². The normalized spacial score (nSPS) is 14.2. The zero-order valence-electron chi connectivity index (χ0n) is 13.0. The Morgan fingerprint density at radius 1 is 1.22 bits per heavy atom. The second-order valence-electron chi connectivity index (χ2n) is 5.59. The lowest BCUT2D eigenvalue weighted by molar-refractivity contribution is -0.114. The van der Waals surface area contributed by atoms with Crippen molar-refractivity contribution in [3.8, 4) is 0 Å². The van der Waals surface area contributed by atoms with Crippen LogP contribution in [0.1, 0.15) is 27.9 Å². The van der Waals surface area contributed by atoms with Gasteiger partial charge < -0.3 is 10.2 Å². The van der Waals surface area contributed by atoms with Gasteiger partial charge in [0.05, 0.1) is 5.69 Å². The molecule has 3 rings (SSSR count). The summed E-state index contributed by atoms with van der Waals surface area (Å²) in [6.07, 6.45) is 0.920. The van der Waals surface area contributed by atoms with Crippen LogP contribution in [0, 0.1) is 0 Å². The number of aromatic nitrogens is 1. The van der Waals surface area contributed by atoms with Gasteiger partial charge in [-0.05, 0) is 31.3 Å². The standard InChI is InChI=1S/C16H18N4O2S/c1-10(21)17-12-5-3-11(4-6-12)15(22)19-16-18-13-7-8-20(2)9-14(13)23-16/h3-6H,7-9H2,1-2H3,(H,17,21)(H,18,19,22). The van der Waals surface area contributed by atoms with Gasteiger partial charge in [-0.25, -0.2) is 4.98 Å². The summed E-state index contributed by atoms with van der Waals surface area (Å²) in [6, 6.07) is 6.78. The third kappa shape index (κ3) is 3.75. The molecule has 120 valence electrons. The Labute approximate surface area is 138 Å². The van der Waals surface area contributed by atoms with E-state index in [1.807, 2.05) is 0 Å². The van der Waals surface area contributed by atoms with Gasteiger partial charge in [0.2, 0.25) is 5.91 Å². The van der Waals surface area contributed by atoms with Crippen LogP contribution in [0.5, 0.6) is 0 Å². The Morgan fingerprint density at radius 2 is 1.96 bits per heavy atom. The average molecular weight is 330 g/mol. The van der Waals surface area contributed by atoms with Crippen molar-refractivity contribution in [2.75, 3.05) is 24.2 Å². The molecule has 1 aromatic heterocycles. The first-order valence-electron chi connectivity index (χ1n) is 7.37. The third-order valence-electron chi connectivity index (χ3n) is 3.61. The topological polar surface area (TPSA) is 74.3 Å². The number of carbonyl (C=O) groups is 2. The van der Waals surface area contributed by atoms with Crippen molar-refractivity contribution in [2.45, 2.75) is 19.9 Å². The largest absolute Gasteiger partial charge is 0.326 e. The van der Waals surface area contributed by atoms with Crippen LogP contribution >= 0.6 is 11.3 Å². The molecule has 0 aliphatic carbocycles. The number of rotatable bonds is 3. The van der Waals surface area contributed by atoms with Crippen molar-refractivity contribution in [1.29, 1.82) is 0 Å². The molecule has 2 heterocycles.